The van der Waals surface area contributed by atoms with Crippen LogP contribution in [0.2, 0.25) is 0 Å². The Morgan fingerprint density at radius 1 is 1.11 bits per heavy atom. The number of rotatable bonds is 5. The highest BCUT2D eigenvalue weighted by molar-refractivity contribution is 5.97. The predicted octanol–water partition coefficient (Wildman–Crippen LogP) is 3.85. The van der Waals surface area contributed by atoms with Crippen LogP contribution in [-0.4, -0.2) is 28.8 Å². The number of hydrogen-bond acceptors (Lipinski definition) is 3. The monoisotopic (exact) mass is 366 g/mol. The quantitative estimate of drug-likeness (QED) is 0.874. The molecule has 1 N–H and O–H groups in total. The summed E-state index contributed by atoms with van der Waals surface area (Å²) in [7, 11) is 0. The molecule has 0 saturated carbocycles. The van der Waals surface area contributed by atoms with Crippen molar-refractivity contribution < 1.29 is 14.3 Å². The number of ether oxygens (including phenoxy) is 1. The van der Waals surface area contributed by atoms with Crippen LogP contribution in [0.3, 0.4) is 0 Å². The van der Waals surface area contributed by atoms with Crippen LogP contribution in [0.25, 0.3) is 0 Å². The molecular weight excluding hydrogens is 340 g/mol. The SMILES string of the molecule is CC(C)(C)N1CC(C(=O)Nc2ccc(OCc3ccccc3)cc2)CC1=O. The molecule has 5 nitrogen and oxygen atoms in total. The van der Waals surface area contributed by atoms with Gasteiger partial charge in [0.05, 0.1) is 5.92 Å². The molecule has 1 heterocycles. The molecule has 0 bridgehead atoms. The Labute approximate surface area is 160 Å². The summed E-state index contributed by atoms with van der Waals surface area (Å²) in [5, 5.41) is 2.90. The predicted molar refractivity (Wildman–Crippen MR) is 105 cm³/mol. The average Bonchev–Trinajstić information content (AvgIpc) is 3.04. The highest BCUT2D eigenvalue weighted by Crippen LogP contribution is 2.27. The fourth-order valence-electron chi connectivity index (χ4n) is 3.15. The van der Waals surface area contributed by atoms with Crippen molar-refractivity contribution in [3.05, 3.63) is 60.2 Å². The molecule has 1 aliphatic rings. The molecule has 27 heavy (non-hydrogen) atoms. The van der Waals surface area contributed by atoms with Crippen molar-refractivity contribution >= 4 is 17.5 Å². The summed E-state index contributed by atoms with van der Waals surface area (Å²) in [4.78, 5) is 26.4. The third-order valence-electron chi connectivity index (χ3n) is 4.68. The minimum Gasteiger partial charge on any atom is -0.489 e. The molecule has 0 aromatic heterocycles. The van der Waals surface area contributed by atoms with Crippen LogP contribution < -0.4 is 10.1 Å². The molecular formula is C22H26N2O3. The van der Waals surface area contributed by atoms with Gasteiger partial charge in [0.25, 0.3) is 0 Å². The summed E-state index contributed by atoms with van der Waals surface area (Å²) in [6.07, 6.45) is 0.265. The topological polar surface area (TPSA) is 58.6 Å². The Kier molecular flexibility index (Phi) is 5.49. The van der Waals surface area contributed by atoms with E-state index >= 15 is 0 Å². The molecule has 5 heteroatoms. The second-order valence-electron chi connectivity index (χ2n) is 7.86. The van der Waals surface area contributed by atoms with Crippen LogP contribution in [0.5, 0.6) is 5.75 Å². The fourth-order valence-corrected chi connectivity index (χ4v) is 3.15. The average molecular weight is 366 g/mol. The summed E-state index contributed by atoms with van der Waals surface area (Å²) in [6, 6.07) is 17.3. The number of carbonyl (C=O) groups is 2. The van der Waals surface area contributed by atoms with Crippen LogP contribution >= 0.6 is 0 Å². The third-order valence-corrected chi connectivity index (χ3v) is 4.68. The first-order chi connectivity index (χ1) is 12.8. The largest absolute Gasteiger partial charge is 0.489 e. The fraction of sp³-hybridized carbons (Fsp3) is 0.364. The van der Waals surface area contributed by atoms with Gasteiger partial charge in [0.15, 0.2) is 0 Å². The van der Waals surface area contributed by atoms with Crippen molar-refractivity contribution in [2.45, 2.75) is 39.3 Å². The van der Waals surface area contributed by atoms with E-state index in [0.717, 1.165) is 11.3 Å². The molecule has 142 valence electrons. The smallest absolute Gasteiger partial charge is 0.229 e. The second kappa shape index (κ2) is 7.82. The summed E-state index contributed by atoms with van der Waals surface area (Å²) >= 11 is 0. The van der Waals surface area contributed by atoms with Gasteiger partial charge < -0.3 is 15.0 Å². The van der Waals surface area contributed by atoms with Gasteiger partial charge in [-0.25, -0.2) is 0 Å². The third kappa shape index (κ3) is 4.88. The van der Waals surface area contributed by atoms with E-state index in [2.05, 4.69) is 5.32 Å². The van der Waals surface area contributed by atoms with Gasteiger partial charge in [-0.1, -0.05) is 30.3 Å². The van der Waals surface area contributed by atoms with Crippen molar-refractivity contribution in [1.29, 1.82) is 0 Å². The Bertz CT molecular complexity index is 795. The van der Waals surface area contributed by atoms with Crippen LogP contribution in [0.1, 0.15) is 32.8 Å². The Balaban J connectivity index is 1.54. The lowest BCUT2D eigenvalue weighted by molar-refractivity contribution is -0.131. The molecule has 2 aromatic rings. The van der Waals surface area contributed by atoms with Crippen molar-refractivity contribution in [3.63, 3.8) is 0 Å². The standard InChI is InChI=1S/C22H26N2O3/c1-22(2,3)24-14-17(13-20(24)25)21(26)23-18-9-11-19(12-10-18)27-15-16-7-5-4-6-8-16/h4-12,17H,13-15H2,1-3H3,(H,23,26). The normalized spacial score (nSPS) is 17.1. The number of hydrogen-bond donors (Lipinski definition) is 1. The lowest BCUT2D eigenvalue weighted by Gasteiger charge is -2.31. The van der Waals surface area contributed by atoms with E-state index < -0.39 is 0 Å². The number of nitrogens with one attached hydrogen (secondary N) is 1. The molecule has 0 spiro atoms. The molecule has 0 aliphatic carbocycles. The summed E-state index contributed by atoms with van der Waals surface area (Å²) in [5.74, 6) is 0.345. The second-order valence-corrected chi connectivity index (χ2v) is 7.86. The number of anilines is 1. The van der Waals surface area contributed by atoms with E-state index in [-0.39, 0.29) is 29.7 Å². The molecule has 1 aliphatic heterocycles. The zero-order valence-electron chi connectivity index (χ0n) is 16.1. The van der Waals surface area contributed by atoms with Crippen LogP contribution in [-0.2, 0) is 16.2 Å². The van der Waals surface area contributed by atoms with E-state index in [1.807, 2.05) is 75.4 Å². The number of amides is 2. The molecule has 0 radical (unpaired) electrons. The molecule has 2 amide bonds. The minimum absolute atomic E-state index is 0.0345. The van der Waals surface area contributed by atoms with Crippen molar-refractivity contribution in [1.82, 2.24) is 4.90 Å². The number of benzene rings is 2. The van der Waals surface area contributed by atoms with Crippen LogP contribution in [0.15, 0.2) is 54.6 Å². The van der Waals surface area contributed by atoms with E-state index in [1.54, 1.807) is 4.90 Å². The molecule has 3 rings (SSSR count). The maximum Gasteiger partial charge on any atom is 0.229 e. The number of carbonyl (C=O) groups excluding carboxylic acids is 2. The molecule has 1 fully saturated rings. The summed E-state index contributed by atoms with van der Waals surface area (Å²) in [6.45, 7) is 6.92. The van der Waals surface area contributed by atoms with Gasteiger partial charge >= 0.3 is 0 Å². The Hall–Kier alpha value is -2.82. The molecule has 1 atom stereocenters. The lowest BCUT2D eigenvalue weighted by atomic mass is 10.1. The van der Waals surface area contributed by atoms with Gasteiger partial charge in [-0.05, 0) is 50.6 Å². The molecule has 1 unspecified atom stereocenters. The van der Waals surface area contributed by atoms with Gasteiger partial charge in [0.1, 0.15) is 12.4 Å². The maximum absolute atomic E-state index is 12.5. The van der Waals surface area contributed by atoms with Crippen molar-refractivity contribution in [3.8, 4) is 5.75 Å². The minimum atomic E-state index is -0.314. The van der Waals surface area contributed by atoms with E-state index in [9.17, 15) is 9.59 Å². The molecule has 1 saturated heterocycles. The number of nitrogens with zero attached hydrogens (tertiary/aromatic N) is 1. The van der Waals surface area contributed by atoms with Crippen LogP contribution in [0, 0.1) is 5.92 Å². The maximum atomic E-state index is 12.5. The van der Waals surface area contributed by atoms with E-state index in [4.69, 9.17) is 4.74 Å². The van der Waals surface area contributed by atoms with Gasteiger partial charge in [0.2, 0.25) is 11.8 Å². The van der Waals surface area contributed by atoms with Gasteiger partial charge in [-0.15, -0.1) is 0 Å². The van der Waals surface area contributed by atoms with Crippen molar-refractivity contribution in [2.24, 2.45) is 5.92 Å². The highest BCUT2D eigenvalue weighted by Gasteiger charge is 2.39. The first-order valence-corrected chi connectivity index (χ1v) is 9.21. The van der Waals surface area contributed by atoms with Crippen LogP contribution in [0.4, 0.5) is 5.69 Å². The first-order valence-electron chi connectivity index (χ1n) is 9.21. The number of likely N-dealkylation sites (tertiary alicyclic amines) is 1. The summed E-state index contributed by atoms with van der Waals surface area (Å²) < 4.78 is 5.75. The Morgan fingerprint density at radius 3 is 2.37 bits per heavy atom. The highest BCUT2D eigenvalue weighted by atomic mass is 16.5. The first kappa shape index (κ1) is 19.0. The van der Waals surface area contributed by atoms with E-state index in [0.29, 0.717) is 18.8 Å². The summed E-state index contributed by atoms with van der Waals surface area (Å²) in [5.41, 5.74) is 1.54. The van der Waals surface area contributed by atoms with E-state index in [1.165, 1.54) is 0 Å². The van der Waals surface area contributed by atoms with Gasteiger partial charge in [-0.2, -0.15) is 0 Å². The van der Waals surface area contributed by atoms with Gasteiger partial charge in [-0.3, -0.25) is 9.59 Å². The zero-order chi connectivity index (χ0) is 19.4. The Morgan fingerprint density at radius 2 is 1.78 bits per heavy atom. The zero-order valence-corrected chi connectivity index (χ0v) is 16.1. The van der Waals surface area contributed by atoms with Gasteiger partial charge in [0, 0.05) is 24.2 Å². The molecule has 2 aromatic carbocycles. The van der Waals surface area contributed by atoms with Crippen molar-refractivity contribution in [2.75, 3.05) is 11.9 Å². The lowest BCUT2D eigenvalue weighted by Crippen LogP contribution is -2.42.